The fraction of sp³-hybridized carbons (Fsp3) is 0.500. The Balaban J connectivity index is 1.60. The normalized spacial score (nSPS) is 23.3. The maximum atomic E-state index is 12.4. The molecular weight excluding hydrogens is 332 g/mol. The van der Waals surface area contributed by atoms with Gasteiger partial charge >= 0.3 is 0 Å². The van der Waals surface area contributed by atoms with E-state index in [-0.39, 0.29) is 23.9 Å². The number of rotatable bonds is 4. The average molecular weight is 351 g/mol. The van der Waals surface area contributed by atoms with E-state index in [0.717, 1.165) is 35.7 Å². The van der Waals surface area contributed by atoms with E-state index in [1.807, 2.05) is 24.3 Å². The molecular formula is C16H19BrN2O2. The summed E-state index contributed by atoms with van der Waals surface area (Å²) in [6, 6.07) is 7.75. The summed E-state index contributed by atoms with van der Waals surface area (Å²) in [4.78, 5) is 26.0. The van der Waals surface area contributed by atoms with Gasteiger partial charge in [0, 0.05) is 17.1 Å². The second-order valence-electron chi connectivity index (χ2n) is 5.80. The maximum Gasteiger partial charge on any atom is 0.247 e. The molecule has 3 rings (SSSR count). The van der Waals surface area contributed by atoms with E-state index < -0.39 is 0 Å². The molecule has 21 heavy (non-hydrogen) atoms. The molecule has 1 saturated heterocycles. The summed E-state index contributed by atoms with van der Waals surface area (Å²) in [7, 11) is 0. The standard InChI is InChI=1S/C16H19BrN2O2/c17-12-7-5-11(6-8-12)10-18-14-9-15(20)19(16(14)21)13-3-1-2-4-13/h5-8,13-14,18H,1-4,9-10H2. The summed E-state index contributed by atoms with van der Waals surface area (Å²) in [5, 5.41) is 3.22. The molecule has 5 heteroatoms. The molecule has 0 aromatic heterocycles. The summed E-state index contributed by atoms with van der Waals surface area (Å²) in [6.07, 6.45) is 4.48. The van der Waals surface area contributed by atoms with Crippen LogP contribution < -0.4 is 5.32 Å². The highest BCUT2D eigenvalue weighted by molar-refractivity contribution is 9.10. The molecule has 2 fully saturated rings. The van der Waals surface area contributed by atoms with Crippen molar-refractivity contribution in [3.63, 3.8) is 0 Å². The van der Waals surface area contributed by atoms with Crippen LogP contribution in [0.15, 0.2) is 28.7 Å². The molecule has 2 aliphatic rings. The Morgan fingerprint density at radius 1 is 1.14 bits per heavy atom. The Morgan fingerprint density at radius 3 is 2.48 bits per heavy atom. The van der Waals surface area contributed by atoms with Crippen molar-refractivity contribution >= 4 is 27.7 Å². The zero-order valence-corrected chi connectivity index (χ0v) is 13.4. The van der Waals surface area contributed by atoms with Crippen molar-refractivity contribution in [3.8, 4) is 0 Å². The Morgan fingerprint density at radius 2 is 1.81 bits per heavy atom. The zero-order valence-electron chi connectivity index (χ0n) is 11.8. The van der Waals surface area contributed by atoms with Crippen LogP contribution in [-0.2, 0) is 16.1 Å². The summed E-state index contributed by atoms with van der Waals surface area (Å²) >= 11 is 3.40. The van der Waals surface area contributed by atoms with Crippen LogP contribution in [0.4, 0.5) is 0 Å². The number of hydrogen-bond acceptors (Lipinski definition) is 3. The minimum absolute atomic E-state index is 0.0137. The van der Waals surface area contributed by atoms with Gasteiger partial charge in [0.05, 0.1) is 12.5 Å². The molecule has 112 valence electrons. The largest absolute Gasteiger partial charge is 0.301 e. The van der Waals surface area contributed by atoms with Gasteiger partial charge in [-0.3, -0.25) is 14.5 Å². The van der Waals surface area contributed by atoms with Gasteiger partial charge in [-0.1, -0.05) is 40.9 Å². The number of likely N-dealkylation sites (tertiary alicyclic amines) is 1. The van der Waals surface area contributed by atoms with Crippen molar-refractivity contribution in [3.05, 3.63) is 34.3 Å². The number of imide groups is 1. The molecule has 1 N–H and O–H groups in total. The van der Waals surface area contributed by atoms with E-state index >= 15 is 0 Å². The SMILES string of the molecule is O=C1CC(NCc2ccc(Br)cc2)C(=O)N1C1CCCC1. The first-order chi connectivity index (χ1) is 10.1. The van der Waals surface area contributed by atoms with Gasteiger partial charge < -0.3 is 5.32 Å². The third-order valence-electron chi connectivity index (χ3n) is 4.34. The minimum atomic E-state index is -0.359. The highest BCUT2D eigenvalue weighted by Crippen LogP contribution is 2.28. The van der Waals surface area contributed by atoms with Gasteiger partial charge in [-0.15, -0.1) is 0 Å². The van der Waals surface area contributed by atoms with Crippen molar-refractivity contribution in [1.82, 2.24) is 10.2 Å². The number of nitrogens with one attached hydrogen (secondary N) is 1. The van der Waals surface area contributed by atoms with Crippen molar-refractivity contribution in [2.24, 2.45) is 0 Å². The Hall–Kier alpha value is -1.20. The van der Waals surface area contributed by atoms with Crippen molar-refractivity contribution in [2.75, 3.05) is 0 Å². The molecule has 1 aromatic carbocycles. The topological polar surface area (TPSA) is 49.4 Å². The number of carbonyl (C=O) groups is 2. The van der Waals surface area contributed by atoms with E-state index in [0.29, 0.717) is 13.0 Å². The number of amides is 2. The molecule has 1 aliphatic heterocycles. The Bertz CT molecular complexity index is 538. The summed E-state index contributed by atoms with van der Waals surface area (Å²) < 4.78 is 1.03. The first-order valence-electron chi connectivity index (χ1n) is 7.49. The van der Waals surface area contributed by atoms with Gasteiger partial charge in [-0.25, -0.2) is 0 Å². The fourth-order valence-electron chi connectivity index (χ4n) is 3.20. The van der Waals surface area contributed by atoms with Crippen LogP contribution >= 0.6 is 15.9 Å². The van der Waals surface area contributed by atoms with Crippen LogP contribution in [0.1, 0.15) is 37.7 Å². The van der Waals surface area contributed by atoms with Crippen LogP contribution in [0.25, 0.3) is 0 Å². The van der Waals surface area contributed by atoms with E-state index in [2.05, 4.69) is 21.2 Å². The van der Waals surface area contributed by atoms with Crippen LogP contribution in [0.5, 0.6) is 0 Å². The lowest BCUT2D eigenvalue weighted by atomic mass is 10.2. The van der Waals surface area contributed by atoms with Crippen molar-refractivity contribution in [1.29, 1.82) is 0 Å². The molecule has 0 radical (unpaired) electrons. The van der Waals surface area contributed by atoms with Crippen molar-refractivity contribution < 1.29 is 9.59 Å². The summed E-state index contributed by atoms with van der Waals surface area (Å²) in [6.45, 7) is 0.607. The molecule has 0 bridgehead atoms. The average Bonchev–Trinajstić information content (AvgIpc) is 3.07. The molecule has 1 unspecified atom stereocenters. The number of halogens is 1. The fourth-order valence-corrected chi connectivity index (χ4v) is 3.46. The van der Waals surface area contributed by atoms with E-state index in [1.54, 1.807) is 0 Å². The predicted octanol–water partition coefficient (Wildman–Crippen LogP) is 2.61. The van der Waals surface area contributed by atoms with Gasteiger partial charge in [0.15, 0.2) is 0 Å². The molecule has 1 aliphatic carbocycles. The molecule has 0 spiro atoms. The first kappa shape index (κ1) is 14.7. The van der Waals surface area contributed by atoms with Gasteiger partial charge in [0.1, 0.15) is 0 Å². The van der Waals surface area contributed by atoms with E-state index in [4.69, 9.17) is 0 Å². The molecule has 1 aromatic rings. The maximum absolute atomic E-state index is 12.4. The lowest BCUT2D eigenvalue weighted by molar-refractivity contribution is -0.141. The first-order valence-corrected chi connectivity index (χ1v) is 8.28. The highest BCUT2D eigenvalue weighted by Gasteiger charge is 2.42. The molecule has 1 heterocycles. The van der Waals surface area contributed by atoms with Crippen LogP contribution in [0, 0.1) is 0 Å². The van der Waals surface area contributed by atoms with Gasteiger partial charge in [0.2, 0.25) is 11.8 Å². The van der Waals surface area contributed by atoms with Crippen LogP contribution in [0.2, 0.25) is 0 Å². The Labute approximate surface area is 133 Å². The molecule has 1 atom stereocenters. The third kappa shape index (κ3) is 3.19. The number of benzene rings is 1. The van der Waals surface area contributed by atoms with Gasteiger partial charge in [0.25, 0.3) is 0 Å². The summed E-state index contributed by atoms with van der Waals surface area (Å²) in [5.74, 6) is -0.0517. The second kappa shape index (κ2) is 6.28. The van der Waals surface area contributed by atoms with Crippen molar-refractivity contribution in [2.45, 2.75) is 50.7 Å². The Kier molecular flexibility index (Phi) is 4.40. The lowest BCUT2D eigenvalue weighted by Crippen LogP contribution is -2.42. The van der Waals surface area contributed by atoms with Gasteiger partial charge in [-0.05, 0) is 30.5 Å². The van der Waals surface area contributed by atoms with E-state index in [1.165, 1.54) is 4.90 Å². The number of nitrogens with zero attached hydrogens (tertiary/aromatic N) is 1. The van der Waals surface area contributed by atoms with E-state index in [9.17, 15) is 9.59 Å². The quantitative estimate of drug-likeness (QED) is 0.849. The van der Waals surface area contributed by atoms with Crippen LogP contribution in [-0.4, -0.2) is 28.8 Å². The smallest absolute Gasteiger partial charge is 0.247 e. The zero-order chi connectivity index (χ0) is 14.8. The van der Waals surface area contributed by atoms with Crippen LogP contribution in [0.3, 0.4) is 0 Å². The second-order valence-corrected chi connectivity index (χ2v) is 6.72. The monoisotopic (exact) mass is 350 g/mol. The highest BCUT2D eigenvalue weighted by atomic mass is 79.9. The van der Waals surface area contributed by atoms with Gasteiger partial charge in [-0.2, -0.15) is 0 Å². The number of hydrogen-bond donors (Lipinski definition) is 1. The molecule has 4 nitrogen and oxygen atoms in total. The minimum Gasteiger partial charge on any atom is -0.301 e. The molecule has 1 saturated carbocycles. The predicted molar refractivity (Wildman–Crippen MR) is 83.5 cm³/mol. The lowest BCUT2D eigenvalue weighted by Gasteiger charge is -2.22. The molecule has 2 amide bonds. The third-order valence-corrected chi connectivity index (χ3v) is 4.87. The number of carbonyl (C=O) groups excluding carboxylic acids is 2. The summed E-state index contributed by atoms with van der Waals surface area (Å²) in [5.41, 5.74) is 1.11.